The molecular formula is C21H25ClN4O2S. The van der Waals surface area contributed by atoms with Crippen molar-refractivity contribution >= 4 is 41.0 Å². The first-order chi connectivity index (χ1) is 14.1. The van der Waals surface area contributed by atoms with Crippen LogP contribution < -0.4 is 9.62 Å². The van der Waals surface area contributed by atoms with Gasteiger partial charge < -0.3 is 14.4 Å². The molecular weight excluding hydrogens is 408 g/mol. The number of aromatic nitrogens is 1. The van der Waals surface area contributed by atoms with Gasteiger partial charge >= 0.3 is 0 Å². The Hall–Kier alpha value is -1.80. The molecule has 2 aliphatic rings. The van der Waals surface area contributed by atoms with Crippen LogP contribution in [-0.4, -0.2) is 54.4 Å². The number of carbonyl (C=O) groups is 1. The fourth-order valence-electron chi connectivity index (χ4n) is 3.55. The van der Waals surface area contributed by atoms with Crippen molar-refractivity contribution in [2.45, 2.75) is 19.9 Å². The largest absolute Gasteiger partial charge is 0.379 e. The summed E-state index contributed by atoms with van der Waals surface area (Å²) in [6, 6.07) is 7.61. The van der Waals surface area contributed by atoms with E-state index in [-0.39, 0.29) is 5.91 Å². The van der Waals surface area contributed by atoms with Gasteiger partial charge in [0.05, 0.1) is 13.2 Å². The van der Waals surface area contributed by atoms with E-state index in [0.717, 1.165) is 68.5 Å². The lowest BCUT2D eigenvalue weighted by atomic mass is 10.1. The monoisotopic (exact) mass is 432 g/mol. The van der Waals surface area contributed by atoms with Crippen LogP contribution in [-0.2, 0) is 11.3 Å². The van der Waals surface area contributed by atoms with E-state index < -0.39 is 0 Å². The number of morpholine rings is 1. The number of rotatable bonds is 5. The van der Waals surface area contributed by atoms with Crippen molar-refractivity contribution in [2.24, 2.45) is 0 Å². The number of carbonyl (C=O) groups excluding carboxylic acids is 1. The van der Waals surface area contributed by atoms with Crippen molar-refractivity contribution < 1.29 is 9.53 Å². The Kier molecular flexibility index (Phi) is 6.60. The second kappa shape index (κ2) is 9.34. The van der Waals surface area contributed by atoms with Crippen LogP contribution in [0.15, 0.2) is 30.5 Å². The number of halogens is 1. The number of hydrogen-bond acceptors (Lipinski definition) is 6. The van der Waals surface area contributed by atoms with Gasteiger partial charge in [-0.1, -0.05) is 11.6 Å². The third kappa shape index (κ3) is 5.22. The van der Waals surface area contributed by atoms with Gasteiger partial charge in [-0.3, -0.25) is 9.69 Å². The number of aryl methyl sites for hydroxylation is 1. The van der Waals surface area contributed by atoms with Crippen LogP contribution >= 0.6 is 23.5 Å². The average Bonchev–Trinajstić information content (AvgIpc) is 3.23. The smallest absolute Gasteiger partial charge is 0.256 e. The molecule has 2 fully saturated rings. The first-order valence-corrected chi connectivity index (χ1v) is 11.2. The molecule has 1 aromatic carbocycles. The Morgan fingerprint density at radius 2 is 2.07 bits per heavy atom. The molecule has 0 spiro atoms. The van der Waals surface area contributed by atoms with E-state index in [4.69, 9.17) is 16.3 Å². The zero-order valence-corrected chi connectivity index (χ0v) is 18.1. The van der Waals surface area contributed by atoms with Gasteiger partial charge in [0.15, 0.2) is 0 Å². The maximum atomic E-state index is 13.0. The second-order valence-corrected chi connectivity index (χ2v) is 8.88. The van der Waals surface area contributed by atoms with Gasteiger partial charge in [-0.25, -0.2) is 4.98 Å². The van der Waals surface area contributed by atoms with Crippen molar-refractivity contribution in [1.82, 2.24) is 9.88 Å². The quantitative estimate of drug-likeness (QED) is 0.721. The molecule has 0 unspecified atom stereocenters. The molecule has 154 valence electrons. The minimum Gasteiger partial charge on any atom is -0.379 e. The predicted octanol–water partition coefficient (Wildman–Crippen LogP) is 3.99. The predicted molar refractivity (Wildman–Crippen MR) is 119 cm³/mol. The standard InChI is InChI=1S/C21H25ClN4O2S/c1-15-13-23-20(26-3-2-8-29-26)12-19(15)21(27)24-18-10-16(9-17(22)11-18)14-25-4-6-28-7-5-25/h9-13H,2-8,14H2,1H3,(H,24,27). The van der Waals surface area contributed by atoms with Crippen LogP contribution in [0.25, 0.3) is 0 Å². The Morgan fingerprint density at radius 1 is 1.24 bits per heavy atom. The molecule has 0 radical (unpaired) electrons. The second-order valence-electron chi connectivity index (χ2n) is 7.34. The molecule has 0 bridgehead atoms. The third-order valence-corrected chi connectivity index (χ3v) is 6.44. The van der Waals surface area contributed by atoms with Gasteiger partial charge in [-0.05, 0) is 60.7 Å². The van der Waals surface area contributed by atoms with Gasteiger partial charge in [0, 0.05) is 54.4 Å². The summed E-state index contributed by atoms with van der Waals surface area (Å²) in [5.41, 5.74) is 3.28. The van der Waals surface area contributed by atoms with E-state index >= 15 is 0 Å². The maximum absolute atomic E-state index is 13.0. The zero-order valence-electron chi connectivity index (χ0n) is 16.5. The minimum absolute atomic E-state index is 0.144. The normalized spacial score (nSPS) is 17.5. The van der Waals surface area contributed by atoms with Crippen LogP contribution in [0.5, 0.6) is 0 Å². The van der Waals surface area contributed by atoms with Crippen LogP contribution in [0.1, 0.15) is 27.9 Å². The fourth-order valence-corrected chi connectivity index (χ4v) is 4.78. The Bertz CT molecular complexity index is 883. The molecule has 6 nitrogen and oxygen atoms in total. The molecule has 1 aromatic heterocycles. The summed E-state index contributed by atoms with van der Waals surface area (Å²) >= 11 is 8.08. The van der Waals surface area contributed by atoms with Crippen molar-refractivity contribution in [2.75, 3.05) is 48.2 Å². The topological polar surface area (TPSA) is 57.7 Å². The van der Waals surface area contributed by atoms with Crippen LogP contribution in [0.3, 0.4) is 0 Å². The molecule has 1 amide bonds. The Labute approximate surface area is 180 Å². The summed E-state index contributed by atoms with van der Waals surface area (Å²) in [4.78, 5) is 19.8. The Morgan fingerprint density at radius 3 is 2.83 bits per heavy atom. The SMILES string of the molecule is Cc1cnc(N2CCCS2)cc1C(=O)Nc1cc(Cl)cc(CN2CCOCC2)c1. The van der Waals surface area contributed by atoms with Crippen molar-refractivity contribution in [3.8, 4) is 0 Å². The summed E-state index contributed by atoms with van der Waals surface area (Å²) in [6.07, 6.45) is 2.90. The lowest BCUT2D eigenvalue weighted by Gasteiger charge is -2.26. The zero-order chi connectivity index (χ0) is 20.2. The highest BCUT2D eigenvalue weighted by Crippen LogP contribution is 2.28. The van der Waals surface area contributed by atoms with Crippen molar-refractivity contribution in [1.29, 1.82) is 0 Å². The van der Waals surface area contributed by atoms with Gasteiger partial charge in [0.25, 0.3) is 5.91 Å². The summed E-state index contributed by atoms with van der Waals surface area (Å²) in [7, 11) is 0. The maximum Gasteiger partial charge on any atom is 0.256 e. The number of pyridine rings is 1. The molecule has 0 atom stereocenters. The lowest BCUT2D eigenvalue weighted by molar-refractivity contribution is 0.0342. The van der Waals surface area contributed by atoms with Crippen LogP contribution in [0, 0.1) is 6.92 Å². The molecule has 3 heterocycles. The van der Waals surface area contributed by atoms with Crippen LogP contribution in [0.2, 0.25) is 5.02 Å². The third-order valence-electron chi connectivity index (χ3n) is 5.07. The summed E-state index contributed by atoms with van der Waals surface area (Å²) in [5, 5.41) is 3.63. The molecule has 0 saturated carbocycles. The van der Waals surface area contributed by atoms with E-state index in [1.165, 1.54) is 0 Å². The highest BCUT2D eigenvalue weighted by molar-refractivity contribution is 8.00. The summed E-state index contributed by atoms with van der Waals surface area (Å²) < 4.78 is 7.56. The lowest BCUT2D eigenvalue weighted by Crippen LogP contribution is -2.35. The van der Waals surface area contributed by atoms with E-state index in [9.17, 15) is 4.79 Å². The molecule has 0 aliphatic carbocycles. The van der Waals surface area contributed by atoms with E-state index in [1.54, 1.807) is 24.2 Å². The van der Waals surface area contributed by atoms with E-state index in [1.807, 2.05) is 25.1 Å². The van der Waals surface area contributed by atoms with E-state index in [0.29, 0.717) is 16.3 Å². The van der Waals surface area contributed by atoms with Crippen molar-refractivity contribution in [3.05, 3.63) is 52.2 Å². The number of amides is 1. The molecule has 1 N–H and O–H groups in total. The minimum atomic E-state index is -0.144. The average molecular weight is 433 g/mol. The number of anilines is 2. The van der Waals surface area contributed by atoms with Gasteiger partial charge in [0.1, 0.15) is 5.82 Å². The summed E-state index contributed by atoms with van der Waals surface area (Å²) in [6.45, 7) is 6.97. The number of ether oxygens (including phenoxy) is 1. The van der Waals surface area contributed by atoms with Gasteiger partial charge in [0.2, 0.25) is 0 Å². The first-order valence-electron chi connectivity index (χ1n) is 9.86. The highest BCUT2D eigenvalue weighted by Gasteiger charge is 2.18. The van der Waals surface area contributed by atoms with Gasteiger partial charge in [-0.15, -0.1) is 0 Å². The number of hydrogen-bond donors (Lipinski definition) is 1. The highest BCUT2D eigenvalue weighted by atomic mass is 35.5. The molecule has 8 heteroatoms. The Balaban J connectivity index is 1.49. The van der Waals surface area contributed by atoms with E-state index in [2.05, 4.69) is 19.5 Å². The molecule has 2 aliphatic heterocycles. The number of nitrogens with one attached hydrogen (secondary N) is 1. The van der Waals surface area contributed by atoms with Gasteiger partial charge in [-0.2, -0.15) is 0 Å². The number of nitrogens with zero attached hydrogens (tertiary/aromatic N) is 3. The first kappa shape index (κ1) is 20.5. The molecule has 4 rings (SSSR count). The fraction of sp³-hybridized carbons (Fsp3) is 0.429. The molecule has 29 heavy (non-hydrogen) atoms. The van der Waals surface area contributed by atoms with Crippen molar-refractivity contribution in [3.63, 3.8) is 0 Å². The molecule has 2 aromatic rings. The van der Waals surface area contributed by atoms with Crippen LogP contribution in [0.4, 0.5) is 11.5 Å². The summed E-state index contributed by atoms with van der Waals surface area (Å²) in [5.74, 6) is 1.78. The number of benzene rings is 1. The molecule has 2 saturated heterocycles.